The van der Waals surface area contributed by atoms with E-state index in [4.69, 9.17) is 0 Å². The van der Waals surface area contributed by atoms with Gasteiger partial charge in [0.25, 0.3) is 0 Å². The average Bonchev–Trinajstić information content (AvgIpc) is 2.34. The van der Waals surface area contributed by atoms with E-state index in [0.717, 1.165) is 0 Å². The summed E-state index contributed by atoms with van der Waals surface area (Å²) in [6, 6.07) is 8.40. The zero-order valence-corrected chi connectivity index (χ0v) is 11.4. The molecule has 1 heteroatoms. The van der Waals surface area contributed by atoms with E-state index >= 15 is 0 Å². The minimum Gasteiger partial charge on any atom is -0.388 e. The summed E-state index contributed by atoms with van der Waals surface area (Å²) in [6.07, 6.45) is 0. The van der Waals surface area contributed by atoms with Gasteiger partial charge in [-0.1, -0.05) is 59.7 Å². The molecule has 1 aromatic carbocycles. The highest BCUT2D eigenvalue weighted by molar-refractivity contribution is 5.51. The van der Waals surface area contributed by atoms with Crippen LogP contribution in [0.15, 0.2) is 24.3 Å². The molecule has 0 amide bonds. The van der Waals surface area contributed by atoms with Crippen LogP contribution in [0.25, 0.3) is 0 Å². The van der Waals surface area contributed by atoms with Crippen molar-refractivity contribution in [1.82, 2.24) is 0 Å². The second-order valence-corrected chi connectivity index (χ2v) is 2.99. The van der Waals surface area contributed by atoms with Crippen LogP contribution in [0.1, 0.15) is 53.0 Å². The van der Waals surface area contributed by atoms with Crippen LogP contribution in [0.2, 0.25) is 0 Å². The molecule has 0 spiro atoms. The fourth-order valence-corrected chi connectivity index (χ4v) is 1.23. The Kier molecular flexibility index (Phi) is 12.2. The lowest BCUT2D eigenvalue weighted by Crippen LogP contribution is -1.96. The summed E-state index contributed by atoms with van der Waals surface area (Å²) in [7, 11) is 1.96. The Hall–Kier alpha value is -0.980. The smallest absolute Gasteiger partial charge is 0.0372 e. The predicted molar refractivity (Wildman–Crippen MR) is 72.8 cm³/mol. The van der Waals surface area contributed by atoms with Gasteiger partial charge in [0.15, 0.2) is 0 Å². The number of nitrogens with one attached hydrogen (secondary N) is 1. The summed E-state index contributed by atoms with van der Waals surface area (Å²) in [6.45, 7) is 12.4. The van der Waals surface area contributed by atoms with Crippen LogP contribution in [-0.2, 0) is 0 Å². The minimum absolute atomic E-state index is 0.596. The maximum absolute atomic E-state index is 3.18. The van der Waals surface area contributed by atoms with Gasteiger partial charge < -0.3 is 5.32 Å². The van der Waals surface area contributed by atoms with E-state index in [9.17, 15) is 0 Å². The van der Waals surface area contributed by atoms with Crippen LogP contribution < -0.4 is 5.32 Å². The van der Waals surface area contributed by atoms with E-state index in [0.29, 0.717) is 5.92 Å². The first-order valence-electron chi connectivity index (χ1n) is 6.02. The van der Waals surface area contributed by atoms with Crippen molar-refractivity contribution in [2.45, 2.75) is 47.5 Å². The summed E-state index contributed by atoms with van der Waals surface area (Å²) < 4.78 is 0. The molecule has 0 fully saturated rings. The van der Waals surface area contributed by atoms with E-state index in [2.05, 4.69) is 43.4 Å². The molecule has 0 unspecified atom stereocenters. The van der Waals surface area contributed by atoms with Gasteiger partial charge in [-0.3, -0.25) is 0 Å². The van der Waals surface area contributed by atoms with Crippen molar-refractivity contribution >= 4 is 5.69 Å². The van der Waals surface area contributed by atoms with Gasteiger partial charge in [-0.15, -0.1) is 0 Å². The summed E-state index contributed by atoms with van der Waals surface area (Å²) >= 11 is 0. The monoisotopic (exact) mass is 209 g/mol. The number of hydrogen-bond donors (Lipinski definition) is 1. The quantitative estimate of drug-likeness (QED) is 0.730. The molecule has 15 heavy (non-hydrogen) atoms. The molecule has 0 radical (unpaired) electrons. The molecule has 0 aliphatic carbocycles. The fourth-order valence-electron chi connectivity index (χ4n) is 1.23. The fraction of sp³-hybridized carbons (Fsp3) is 0.571. The van der Waals surface area contributed by atoms with Gasteiger partial charge in [0.1, 0.15) is 0 Å². The van der Waals surface area contributed by atoms with Gasteiger partial charge in [-0.25, -0.2) is 0 Å². The summed E-state index contributed by atoms with van der Waals surface area (Å²) in [4.78, 5) is 0. The largest absolute Gasteiger partial charge is 0.388 e. The molecule has 1 nitrogen and oxygen atoms in total. The van der Waals surface area contributed by atoms with Crippen molar-refractivity contribution in [3.63, 3.8) is 0 Å². The van der Waals surface area contributed by atoms with Crippen molar-refractivity contribution < 1.29 is 0 Å². The summed E-state index contributed by atoms with van der Waals surface area (Å²) in [5.74, 6) is 0.596. The Morgan fingerprint density at radius 2 is 1.40 bits per heavy atom. The Bertz CT molecular complexity index is 229. The van der Waals surface area contributed by atoms with Crippen molar-refractivity contribution in [3.05, 3.63) is 29.8 Å². The third-order valence-electron chi connectivity index (χ3n) is 1.85. The van der Waals surface area contributed by atoms with Gasteiger partial charge in [-0.05, 0) is 17.5 Å². The van der Waals surface area contributed by atoms with Crippen molar-refractivity contribution in [2.24, 2.45) is 0 Å². The van der Waals surface area contributed by atoms with Gasteiger partial charge in [-0.2, -0.15) is 0 Å². The molecular formula is C14H27N. The third-order valence-corrected chi connectivity index (χ3v) is 1.85. The van der Waals surface area contributed by atoms with Crippen LogP contribution in [0.5, 0.6) is 0 Å². The Balaban J connectivity index is 0. The van der Waals surface area contributed by atoms with E-state index < -0.39 is 0 Å². The van der Waals surface area contributed by atoms with Crippen LogP contribution in [-0.4, -0.2) is 7.05 Å². The molecule has 0 heterocycles. The highest BCUT2D eigenvalue weighted by Gasteiger charge is 2.02. The number of para-hydroxylation sites is 1. The minimum atomic E-state index is 0.596. The number of anilines is 1. The van der Waals surface area contributed by atoms with E-state index in [1.165, 1.54) is 11.3 Å². The topological polar surface area (TPSA) is 12.0 Å². The first-order chi connectivity index (χ1) is 7.25. The molecule has 88 valence electrons. The molecule has 0 aromatic heterocycles. The normalized spacial score (nSPS) is 8.27. The van der Waals surface area contributed by atoms with Gasteiger partial charge in [0.2, 0.25) is 0 Å². The zero-order valence-electron chi connectivity index (χ0n) is 11.4. The number of hydrogen-bond acceptors (Lipinski definition) is 1. The maximum Gasteiger partial charge on any atom is 0.0372 e. The second-order valence-electron chi connectivity index (χ2n) is 2.99. The standard InChI is InChI=1S/C10H15N.2C2H6/c1-8(2)9-6-4-5-7-10(9)11-3;2*1-2/h4-8,11H,1-3H3;2*1-2H3. The summed E-state index contributed by atoms with van der Waals surface area (Å²) in [5, 5.41) is 3.18. The van der Waals surface area contributed by atoms with Gasteiger partial charge in [0, 0.05) is 12.7 Å². The van der Waals surface area contributed by atoms with Crippen molar-refractivity contribution in [1.29, 1.82) is 0 Å². The van der Waals surface area contributed by atoms with Crippen LogP contribution >= 0.6 is 0 Å². The number of rotatable bonds is 2. The van der Waals surface area contributed by atoms with Crippen molar-refractivity contribution in [3.8, 4) is 0 Å². The second kappa shape index (κ2) is 11.1. The first kappa shape index (κ1) is 16.4. The Labute approximate surface area is 95.9 Å². The molecule has 0 saturated carbocycles. The van der Waals surface area contributed by atoms with Crippen molar-refractivity contribution in [2.75, 3.05) is 12.4 Å². The maximum atomic E-state index is 3.18. The van der Waals surface area contributed by atoms with Gasteiger partial charge in [0.05, 0.1) is 0 Å². The first-order valence-corrected chi connectivity index (χ1v) is 6.02. The van der Waals surface area contributed by atoms with E-state index in [1.54, 1.807) is 0 Å². The molecule has 0 aliphatic rings. The molecule has 0 bridgehead atoms. The number of benzene rings is 1. The lowest BCUT2D eigenvalue weighted by atomic mass is 10.0. The highest BCUT2D eigenvalue weighted by atomic mass is 14.8. The summed E-state index contributed by atoms with van der Waals surface area (Å²) in [5.41, 5.74) is 2.62. The molecule has 0 aliphatic heterocycles. The highest BCUT2D eigenvalue weighted by Crippen LogP contribution is 2.22. The van der Waals surface area contributed by atoms with Crippen LogP contribution in [0.3, 0.4) is 0 Å². The predicted octanol–water partition coefficient (Wildman–Crippen LogP) is 4.90. The lowest BCUT2D eigenvalue weighted by molar-refractivity contribution is 0.868. The Morgan fingerprint density at radius 3 is 1.73 bits per heavy atom. The van der Waals surface area contributed by atoms with Crippen LogP contribution in [0, 0.1) is 0 Å². The average molecular weight is 209 g/mol. The van der Waals surface area contributed by atoms with Crippen LogP contribution in [0.4, 0.5) is 5.69 Å². The molecule has 1 aromatic rings. The third kappa shape index (κ3) is 6.16. The Morgan fingerprint density at radius 1 is 0.933 bits per heavy atom. The van der Waals surface area contributed by atoms with E-state index in [-0.39, 0.29) is 0 Å². The molecular weight excluding hydrogens is 182 g/mol. The van der Waals surface area contributed by atoms with E-state index in [1.807, 2.05) is 34.7 Å². The molecule has 0 atom stereocenters. The lowest BCUT2D eigenvalue weighted by Gasteiger charge is -2.10. The van der Waals surface area contributed by atoms with Gasteiger partial charge >= 0.3 is 0 Å². The molecule has 1 N–H and O–H groups in total. The molecule has 1 rings (SSSR count). The zero-order chi connectivity index (χ0) is 12.3. The SMILES string of the molecule is CC.CC.CNc1ccccc1C(C)C. The molecule has 0 saturated heterocycles.